The third-order valence-corrected chi connectivity index (χ3v) is 3.93. The lowest BCUT2D eigenvalue weighted by atomic mass is 10.1. The van der Waals surface area contributed by atoms with Gasteiger partial charge in [0.25, 0.3) is 0 Å². The standard InChI is InChI=1S/C15H16N4S/c1-11-2-4-12(5-3-11)6-7-14-17-15-19(18-14)13(8-9-16)10-20-15/h2-7,10H,8-9,16H2,1H3/b7-6+. The van der Waals surface area contributed by atoms with Gasteiger partial charge in [-0.3, -0.25) is 0 Å². The summed E-state index contributed by atoms with van der Waals surface area (Å²) < 4.78 is 1.88. The first-order valence-electron chi connectivity index (χ1n) is 6.54. The van der Waals surface area contributed by atoms with Gasteiger partial charge in [-0.1, -0.05) is 35.9 Å². The van der Waals surface area contributed by atoms with Crippen LogP contribution < -0.4 is 5.73 Å². The lowest BCUT2D eigenvalue weighted by Gasteiger charge is -1.94. The van der Waals surface area contributed by atoms with Crippen molar-refractivity contribution in [2.45, 2.75) is 13.3 Å². The number of aryl methyl sites for hydroxylation is 1. The zero-order chi connectivity index (χ0) is 13.9. The summed E-state index contributed by atoms with van der Waals surface area (Å²) in [7, 11) is 0. The summed E-state index contributed by atoms with van der Waals surface area (Å²) in [5.74, 6) is 0.732. The SMILES string of the molecule is Cc1ccc(/C=C/c2nc3scc(CCN)n3n2)cc1. The molecule has 0 unspecified atom stereocenters. The summed E-state index contributed by atoms with van der Waals surface area (Å²) in [6.45, 7) is 2.71. The summed E-state index contributed by atoms with van der Waals surface area (Å²) in [6.07, 6.45) is 4.79. The highest BCUT2D eigenvalue weighted by atomic mass is 32.1. The summed E-state index contributed by atoms with van der Waals surface area (Å²) >= 11 is 1.60. The summed E-state index contributed by atoms with van der Waals surface area (Å²) in [4.78, 5) is 5.40. The van der Waals surface area contributed by atoms with E-state index in [4.69, 9.17) is 5.73 Å². The number of rotatable bonds is 4. The number of hydrogen-bond donors (Lipinski definition) is 1. The molecule has 0 atom stereocenters. The van der Waals surface area contributed by atoms with Gasteiger partial charge < -0.3 is 5.73 Å². The first kappa shape index (κ1) is 13.0. The van der Waals surface area contributed by atoms with Crippen LogP contribution in [0.25, 0.3) is 17.1 Å². The summed E-state index contributed by atoms with van der Waals surface area (Å²) in [6, 6.07) is 8.37. The van der Waals surface area contributed by atoms with E-state index in [1.807, 2.05) is 16.7 Å². The molecule has 3 aromatic rings. The van der Waals surface area contributed by atoms with Crippen molar-refractivity contribution >= 4 is 28.4 Å². The van der Waals surface area contributed by atoms with Crippen molar-refractivity contribution < 1.29 is 0 Å². The van der Waals surface area contributed by atoms with Gasteiger partial charge in [-0.15, -0.1) is 16.4 Å². The maximum atomic E-state index is 5.59. The van der Waals surface area contributed by atoms with Crippen molar-refractivity contribution in [2.75, 3.05) is 6.54 Å². The fourth-order valence-electron chi connectivity index (χ4n) is 1.98. The van der Waals surface area contributed by atoms with Gasteiger partial charge in [-0.2, -0.15) is 4.98 Å². The first-order valence-corrected chi connectivity index (χ1v) is 7.42. The van der Waals surface area contributed by atoms with Gasteiger partial charge in [0, 0.05) is 11.8 Å². The molecule has 0 radical (unpaired) electrons. The normalized spacial score (nSPS) is 11.7. The Labute approximate surface area is 121 Å². The molecule has 0 saturated carbocycles. The van der Waals surface area contributed by atoms with Crippen molar-refractivity contribution in [1.29, 1.82) is 0 Å². The van der Waals surface area contributed by atoms with E-state index in [1.54, 1.807) is 11.3 Å². The minimum atomic E-state index is 0.625. The largest absolute Gasteiger partial charge is 0.330 e. The summed E-state index contributed by atoms with van der Waals surface area (Å²) in [5.41, 5.74) is 9.12. The zero-order valence-corrected chi connectivity index (χ0v) is 12.1. The molecule has 0 fully saturated rings. The molecule has 102 valence electrons. The van der Waals surface area contributed by atoms with E-state index in [9.17, 15) is 0 Å². The van der Waals surface area contributed by atoms with Crippen LogP contribution >= 0.6 is 11.3 Å². The molecule has 3 rings (SSSR count). The monoisotopic (exact) mass is 284 g/mol. The number of nitrogens with zero attached hydrogens (tertiary/aromatic N) is 3. The van der Waals surface area contributed by atoms with Gasteiger partial charge in [-0.25, -0.2) is 4.52 Å². The van der Waals surface area contributed by atoms with Gasteiger partial charge in [0.15, 0.2) is 5.82 Å². The van der Waals surface area contributed by atoms with Crippen LogP contribution in [0.1, 0.15) is 22.6 Å². The molecule has 0 aliphatic carbocycles. The fraction of sp³-hybridized carbons (Fsp3) is 0.200. The smallest absolute Gasteiger partial charge is 0.212 e. The van der Waals surface area contributed by atoms with Gasteiger partial charge in [-0.05, 0) is 25.1 Å². The molecule has 5 heteroatoms. The first-order chi connectivity index (χ1) is 9.76. The fourth-order valence-corrected chi connectivity index (χ4v) is 2.84. The van der Waals surface area contributed by atoms with Crippen LogP contribution in [0.4, 0.5) is 0 Å². The summed E-state index contributed by atoms with van der Waals surface area (Å²) in [5, 5.41) is 6.56. The Morgan fingerprint density at radius 2 is 2.05 bits per heavy atom. The van der Waals surface area contributed by atoms with Crippen LogP contribution in [0.15, 0.2) is 29.6 Å². The Bertz CT molecular complexity index is 737. The van der Waals surface area contributed by atoms with E-state index >= 15 is 0 Å². The van der Waals surface area contributed by atoms with E-state index in [0.717, 1.165) is 28.5 Å². The van der Waals surface area contributed by atoms with E-state index < -0.39 is 0 Å². The predicted molar refractivity (Wildman–Crippen MR) is 83.7 cm³/mol. The van der Waals surface area contributed by atoms with E-state index in [-0.39, 0.29) is 0 Å². The van der Waals surface area contributed by atoms with Crippen LogP contribution in [-0.2, 0) is 6.42 Å². The second kappa shape index (κ2) is 5.56. The molecule has 0 amide bonds. The quantitative estimate of drug-likeness (QED) is 0.801. The molecule has 20 heavy (non-hydrogen) atoms. The number of nitrogens with two attached hydrogens (primary N) is 1. The van der Waals surface area contributed by atoms with Gasteiger partial charge in [0.05, 0.1) is 5.69 Å². The molecule has 0 aliphatic rings. The van der Waals surface area contributed by atoms with Gasteiger partial charge in [0.2, 0.25) is 4.96 Å². The average molecular weight is 284 g/mol. The van der Waals surface area contributed by atoms with Crippen molar-refractivity contribution in [2.24, 2.45) is 5.73 Å². The number of fused-ring (bicyclic) bond motifs is 1. The molecular formula is C15H16N4S. The Kier molecular flexibility index (Phi) is 3.62. The van der Waals surface area contributed by atoms with Crippen molar-refractivity contribution in [3.05, 3.63) is 52.3 Å². The molecular weight excluding hydrogens is 268 g/mol. The third-order valence-electron chi connectivity index (χ3n) is 3.07. The third kappa shape index (κ3) is 2.64. The van der Waals surface area contributed by atoms with Crippen molar-refractivity contribution in [3.63, 3.8) is 0 Å². The zero-order valence-electron chi connectivity index (χ0n) is 11.3. The molecule has 1 aromatic carbocycles. The molecule has 2 N–H and O–H groups in total. The number of thiazole rings is 1. The van der Waals surface area contributed by atoms with Crippen LogP contribution in [0.2, 0.25) is 0 Å². The van der Waals surface area contributed by atoms with Gasteiger partial charge in [0.1, 0.15) is 0 Å². The number of benzene rings is 1. The van der Waals surface area contributed by atoms with Crippen molar-refractivity contribution in [1.82, 2.24) is 14.6 Å². The van der Waals surface area contributed by atoms with Crippen molar-refractivity contribution in [3.8, 4) is 0 Å². The highest BCUT2D eigenvalue weighted by molar-refractivity contribution is 7.15. The second-order valence-corrected chi connectivity index (χ2v) is 5.51. The Morgan fingerprint density at radius 1 is 1.25 bits per heavy atom. The topological polar surface area (TPSA) is 56.2 Å². The molecule has 4 nitrogen and oxygen atoms in total. The number of aromatic nitrogens is 3. The average Bonchev–Trinajstić information content (AvgIpc) is 3.00. The molecule has 2 heterocycles. The molecule has 0 spiro atoms. The predicted octanol–water partition coefficient (Wildman–Crippen LogP) is 2.77. The lowest BCUT2D eigenvalue weighted by Crippen LogP contribution is -2.05. The lowest BCUT2D eigenvalue weighted by molar-refractivity contribution is 0.839. The second-order valence-electron chi connectivity index (χ2n) is 4.67. The highest BCUT2D eigenvalue weighted by Crippen LogP contribution is 2.16. The molecule has 2 aromatic heterocycles. The maximum Gasteiger partial charge on any atom is 0.212 e. The molecule has 0 bridgehead atoms. The van der Waals surface area contributed by atoms with Crippen LogP contribution in [-0.4, -0.2) is 21.1 Å². The Morgan fingerprint density at radius 3 is 2.80 bits per heavy atom. The number of hydrogen-bond acceptors (Lipinski definition) is 4. The Hall–Kier alpha value is -1.98. The maximum absolute atomic E-state index is 5.59. The molecule has 0 saturated heterocycles. The van der Waals surface area contributed by atoms with Crippen LogP contribution in [0.5, 0.6) is 0 Å². The van der Waals surface area contributed by atoms with E-state index in [1.165, 1.54) is 5.56 Å². The van der Waals surface area contributed by atoms with E-state index in [2.05, 4.69) is 46.7 Å². The van der Waals surface area contributed by atoms with E-state index in [0.29, 0.717) is 6.54 Å². The Balaban J connectivity index is 1.85. The van der Waals surface area contributed by atoms with Crippen LogP contribution in [0, 0.1) is 6.92 Å². The van der Waals surface area contributed by atoms with Crippen LogP contribution in [0.3, 0.4) is 0 Å². The molecule has 0 aliphatic heterocycles. The minimum absolute atomic E-state index is 0.625. The van der Waals surface area contributed by atoms with Gasteiger partial charge >= 0.3 is 0 Å². The minimum Gasteiger partial charge on any atom is -0.330 e. The highest BCUT2D eigenvalue weighted by Gasteiger charge is 2.07.